The number of nitrogens with zero attached hydrogens (tertiary/aromatic N) is 2. The Balaban J connectivity index is 2.11. The summed E-state index contributed by atoms with van der Waals surface area (Å²) in [6, 6.07) is 5.37. The topological polar surface area (TPSA) is 74.9 Å². The first kappa shape index (κ1) is 10.5. The molecule has 0 aromatic carbocycles. The summed E-state index contributed by atoms with van der Waals surface area (Å²) in [6.45, 7) is -0.121. The van der Waals surface area contributed by atoms with Crippen molar-refractivity contribution in [1.29, 1.82) is 0 Å². The van der Waals surface area contributed by atoms with Crippen molar-refractivity contribution in [3.05, 3.63) is 34.6 Å². The standard InChI is InChI=1S/C11H8BrN3O2/c12-6-3-8-10(13-4-6)15-11(14-8)9-2-1-7(5-16)17-9/h1-4,16H,5H2,(H,13,14,15). The fourth-order valence-electron chi connectivity index (χ4n) is 1.58. The maximum Gasteiger partial charge on any atom is 0.178 e. The molecule has 0 amide bonds. The van der Waals surface area contributed by atoms with Crippen LogP contribution in [0.5, 0.6) is 0 Å². The van der Waals surface area contributed by atoms with Crippen LogP contribution in [0.2, 0.25) is 0 Å². The molecule has 0 unspecified atom stereocenters. The highest BCUT2D eigenvalue weighted by Gasteiger charge is 2.10. The van der Waals surface area contributed by atoms with Crippen molar-refractivity contribution in [3.8, 4) is 11.6 Å². The molecule has 86 valence electrons. The van der Waals surface area contributed by atoms with Gasteiger partial charge >= 0.3 is 0 Å². The number of aliphatic hydroxyl groups is 1. The molecule has 0 atom stereocenters. The summed E-state index contributed by atoms with van der Waals surface area (Å²) in [5, 5.41) is 8.93. The maximum atomic E-state index is 8.93. The highest BCUT2D eigenvalue weighted by Crippen LogP contribution is 2.23. The van der Waals surface area contributed by atoms with E-state index in [2.05, 4.69) is 30.9 Å². The van der Waals surface area contributed by atoms with Crippen molar-refractivity contribution < 1.29 is 9.52 Å². The number of aliphatic hydroxyl groups excluding tert-OH is 1. The Morgan fingerprint density at radius 1 is 1.41 bits per heavy atom. The zero-order valence-electron chi connectivity index (χ0n) is 8.64. The molecule has 0 radical (unpaired) electrons. The van der Waals surface area contributed by atoms with Crippen molar-refractivity contribution in [2.45, 2.75) is 6.61 Å². The molecule has 0 aliphatic heterocycles. The molecule has 0 spiro atoms. The molecule has 0 aliphatic rings. The molecule has 6 heteroatoms. The van der Waals surface area contributed by atoms with Gasteiger partial charge in [0.15, 0.2) is 17.2 Å². The lowest BCUT2D eigenvalue weighted by atomic mass is 10.4. The van der Waals surface area contributed by atoms with Crippen LogP contribution in [-0.4, -0.2) is 20.1 Å². The van der Waals surface area contributed by atoms with E-state index >= 15 is 0 Å². The number of aromatic nitrogens is 3. The number of nitrogens with one attached hydrogen (secondary N) is 1. The Morgan fingerprint density at radius 2 is 2.29 bits per heavy atom. The Labute approximate surface area is 105 Å². The minimum atomic E-state index is -0.121. The number of fused-ring (bicyclic) bond motifs is 1. The molecular formula is C11H8BrN3O2. The average Bonchev–Trinajstić information content (AvgIpc) is 2.93. The number of halogens is 1. The highest BCUT2D eigenvalue weighted by atomic mass is 79.9. The minimum absolute atomic E-state index is 0.121. The monoisotopic (exact) mass is 293 g/mol. The van der Waals surface area contributed by atoms with Crippen molar-refractivity contribution in [2.24, 2.45) is 0 Å². The molecule has 2 N–H and O–H groups in total. The summed E-state index contributed by atoms with van der Waals surface area (Å²) in [5.41, 5.74) is 1.46. The summed E-state index contributed by atoms with van der Waals surface area (Å²) >= 11 is 3.35. The molecule has 3 aromatic heterocycles. The van der Waals surface area contributed by atoms with Crippen LogP contribution >= 0.6 is 15.9 Å². The van der Waals surface area contributed by atoms with Crippen LogP contribution < -0.4 is 0 Å². The zero-order valence-corrected chi connectivity index (χ0v) is 10.2. The van der Waals surface area contributed by atoms with Crippen LogP contribution in [-0.2, 0) is 6.61 Å². The van der Waals surface area contributed by atoms with Gasteiger partial charge < -0.3 is 14.5 Å². The predicted molar refractivity (Wildman–Crippen MR) is 65.2 cm³/mol. The summed E-state index contributed by atoms with van der Waals surface area (Å²) in [7, 11) is 0. The molecule has 0 bridgehead atoms. The molecule has 17 heavy (non-hydrogen) atoms. The summed E-state index contributed by atoms with van der Waals surface area (Å²) < 4.78 is 6.28. The molecule has 3 aromatic rings. The highest BCUT2D eigenvalue weighted by molar-refractivity contribution is 9.10. The van der Waals surface area contributed by atoms with Crippen molar-refractivity contribution in [3.63, 3.8) is 0 Å². The lowest BCUT2D eigenvalue weighted by Crippen LogP contribution is -1.77. The van der Waals surface area contributed by atoms with Crippen LogP contribution in [0, 0.1) is 0 Å². The molecule has 0 saturated heterocycles. The third-order valence-electron chi connectivity index (χ3n) is 2.35. The largest absolute Gasteiger partial charge is 0.455 e. The number of hydrogen-bond donors (Lipinski definition) is 2. The van der Waals surface area contributed by atoms with Crippen LogP contribution in [0.1, 0.15) is 5.76 Å². The fraction of sp³-hybridized carbons (Fsp3) is 0.0909. The number of pyridine rings is 1. The first-order valence-corrected chi connectivity index (χ1v) is 5.77. The van der Waals surface area contributed by atoms with E-state index in [4.69, 9.17) is 9.52 Å². The van der Waals surface area contributed by atoms with Gasteiger partial charge in [0.2, 0.25) is 0 Å². The van der Waals surface area contributed by atoms with Crippen LogP contribution in [0.4, 0.5) is 0 Å². The summed E-state index contributed by atoms with van der Waals surface area (Å²) in [4.78, 5) is 11.6. The minimum Gasteiger partial charge on any atom is -0.455 e. The Hall–Kier alpha value is -1.66. The van der Waals surface area contributed by atoms with Gasteiger partial charge in [-0.15, -0.1) is 0 Å². The van der Waals surface area contributed by atoms with E-state index < -0.39 is 0 Å². The van der Waals surface area contributed by atoms with Gasteiger partial charge in [0.25, 0.3) is 0 Å². The first-order chi connectivity index (χ1) is 8.26. The smallest absolute Gasteiger partial charge is 0.178 e. The van der Waals surface area contributed by atoms with Gasteiger partial charge in [0.05, 0.1) is 5.52 Å². The van der Waals surface area contributed by atoms with E-state index in [9.17, 15) is 0 Å². The quantitative estimate of drug-likeness (QED) is 0.761. The number of rotatable bonds is 2. The van der Waals surface area contributed by atoms with E-state index in [0.717, 1.165) is 9.99 Å². The number of furan rings is 1. The third kappa shape index (κ3) is 1.85. The van der Waals surface area contributed by atoms with Gasteiger partial charge in [0, 0.05) is 10.7 Å². The molecule has 3 heterocycles. The normalized spacial score (nSPS) is 11.2. The maximum absolute atomic E-state index is 8.93. The second-order valence-electron chi connectivity index (χ2n) is 3.53. The molecule has 0 aliphatic carbocycles. The molecule has 5 nitrogen and oxygen atoms in total. The molecular weight excluding hydrogens is 286 g/mol. The molecule has 3 rings (SSSR count). The van der Waals surface area contributed by atoms with Gasteiger partial charge in [-0.2, -0.15) is 0 Å². The van der Waals surface area contributed by atoms with Crippen molar-refractivity contribution >= 4 is 27.1 Å². The lowest BCUT2D eigenvalue weighted by molar-refractivity contribution is 0.248. The average molecular weight is 294 g/mol. The van der Waals surface area contributed by atoms with Gasteiger partial charge in [-0.3, -0.25) is 0 Å². The number of aromatic amines is 1. The molecule has 0 saturated carbocycles. The van der Waals surface area contributed by atoms with Crippen LogP contribution in [0.15, 0.2) is 33.3 Å². The predicted octanol–water partition coefficient (Wildman–Crippen LogP) is 2.47. The number of hydrogen-bond acceptors (Lipinski definition) is 4. The second-order valence-corrected chi connectivity index (χ2v) is 4.45. The van der Waals surface area contributed by atoms with Gasteiger partial charge in [-0.05, 0) is 34.1 Å². The SMILES string of the molecule is OCc1ccc(-c2nc3ncc(Br)cc3[nH]2)o1. The summed E-state index contributed by atoms with van der Waals surface area (Å²) in [5.74, 6) is 1.70. The van der Waals surface area contributed by atoms with E-state index in [1.807, 2.05) is 6.07 Å². The molecule has 0 fully saturated rings. The van der Waals surface area contributed by atoms with Gasteiger partial charge in [-0.1, -0.05) is 0 Å². The number of imidazole rings is 1. The van der Waals surface area contributed by atoms with E-state index in [1.165, 1.54) is 0 Å². The van der Waals surface area contributed by atoms with Gasteiger partial charge in [-0.25, -0.2) is 9.97 Å². The van der Waals surface area contributed by atoms with Gasteiger partial charge in [0.1, 0.15) is 12.4 Å². The summed E-state index contributed by atoms with van der Waals surface area (Å²) in [6.07, 6.45) is 1.69. The zero-order chi connectivity index (χ0) is 11.8. The fourth-order valence-corrected chi connectivity index (χ4v) is 1.91. The van der Waals surface area contributed by atoms with Crippen LogP contribution in [0.25, 0.3) is 22.7 Å². The Kier molecular flexibility index (Phi) is 2.45. The van der Waals surface area contributed by atoms with Crippen molar-refractivity contribution in [2.75, 3.05) is 0 Å². The third-order valence-corrected chi connectivity index (χ3v) is 2.79. The van der Waals surface area contributed by atoms with Crippen LogP contribution in [0.3, 0.4) is 0 Å². The first-order valence-electron chi connectivity index (χ1n) is 4.97. The Bertz CT molecular complexity index is 674. The van der Waals surface area contributed by atoms with Crippen molar-refractivity contribution in [1.82, 2.24) is 15.0 Å². The Morgan fingerprint density at radius 3 is 3.06 bits per heavy atom. The number of H-pyrrole nitrogens is 1. The lowest BCUT2D eigenvalue weighted by Gasteiger charge is -1.89. The van der Waals surface area contributed by atoms with E-state index in [1.54, 1.807) is 18.3 Å². The second kappa shape index (κ2) is 3.97. The van der Waals surface area contributed by atoms with E-state index in [0.29, 0.717) is 23.0 Å². The van der Waals surface area contributed by atoms with E-state index in [-0.39, 0.29) is 6.61 Å².